The quantitative estimate of drug-likeness (QED) is 0.757. The van der Waals surface area contributed by atoms with Crippen LogP contribution in [0.1, 0.15) is 63.5 Å². The minimum Gasteiger partial charge on any atom is -0.497 e. The Morgan fingerprint density at radius 3 is 2.57 bits per heavy atom. The number of esters is 1. The van der Waals surface area contributed by atoms with Gasteiger partial charge in [0.05, 0.1) is 20.1 Å². The van der Waals surface area contributed by atoms with Crippen LogP contribution in [0.25, 0.3) is 0 Å². The summed E-state index contributed by atoms with van der Waals surface area (Å²) in [7, 11) is 3.19. The normalized spacial score (nSPS) is 31.7. The average Bonchev–Trinajstić information content (AvgIpc) is 2.53. The third kappa shape index (κ3) is 2.45. The number of rotatable bonds is 2. The molecule has 0 N–H and O–H groups in total. The fourth-order valence-electron chi connectivity index (χ4n) is 5.21. The molecule has 1 aromatic carbocycles. The predicted octanol–water partition coefficient (Wildman–Crippen LogP) is 4.44. The summed E-state index contributed by atoms with van der Waals surface area (Å²) < 4.78 is 10.6. The molecule has 0 bridgehead atoms. The highest BCUT2D eigenvalue weighted by atomic mass is 16.5. The van der Waals surface area contributed by atoms with Gasteiger partial charge in [-0.2, -0.15) is 0 Å². The fourth-order valence-corrected chi connectivity index (χ4v) is 5.21. The van der Waals surface area contributed by atoms with Gasteiger partial charge in [0.1, 0.15) is 5.75 Å². The van der Waals surface area contributed by atoms with E-state index in [9.17, 15) is 4.79 Å². The molecule has 0 aliphatic heterocycles. The van der Waals surface area contributed by atoms with E-state index < -0.39 is 0 Å². The molecule has 2 aliphatic rings. The summed E-state index contributed by atoms with van der Waals surface area (Å²) in [6.45, 7) is 7.09. The van der Waals surface area contributed by atoms with Gasteiger partial charge in [-0.3, -0.25) is 4.79 Å². The Hall–Kier alpha value is -1.51. The second-order valence-corrected chi connectivity index (χ2v) is 8.08. The number of ether oxygens (including phenoxy) is 2. The van der Waals surface area contributed by atoms with E-state index in [1.165, 1.54) is 31.9 Å². The standard InChI is InChI=1S/C20H28O3/c1-19(2)9-6-10-20(3)16-11-13(22-4)7-8-14(16)15(12-17(19)20)18(21)23-5/h7-8,11,15,17H,6,9-10,12H2,1-5H3/t15-,17+,20-/m1/s1. The van der Waals surface area contributed by atoms with Crippen LogP contribution in [-0.4, -0.2) is 20.2 Å². The maximum atomic E-state index is 12.4. The zero-order valence-electron chi connectivity index (χ0n) is 14.9. The van der Waals surface area contributed by atoms with Crippen LogP contribution in [0.2, 0.25) is 0 Å². The van der Waals surface area contributed by atoms with Crippen LogP contribution in [-0.2, 0) is 14.9 Å². The van der Waals surface area contributed by atoms with E-state index in [1.807, 2.05) is 6.07 Å². The monoisotopic (exact) mass is 316 g/mol. The minimum atomic E-state index is -0.156. The third-order valence-electron chi connectivity index (χ3n) is 6.44. The number of carbonyl (C=O) groups is 1. The van der Waals surface area contributed by atoms with Crippen molar-refractivity contribution in [2.45, 2.75) is 57.8 Å². The summed E-state index contributed by atoms with van der Waals surface area (Å²) in [6.07, 6.45) is 4.52. The number of fused-ring (bicyclic) bond motifs is 3. The Balaban J connectivity index is 2.18. The van der Waals surface area contributed by atoms with Gasteiger partial charge in [0.25, 0.3) is 0 Å². The second kappa shape index (κ2) is 5.54. The first-order valence-corrected chi connectivity index (χ1v) is 8.60. The van der Waals surface area contributed by atoms with Crippen molar-refractivity contribution in [3.05, 3.63) is 29.3 Å². The fraction of sp³-hybridized carbons (Fsp3) is 0.650. The first-order valence-electron chi connectivity index (χ1n) is 8.60. The minimum absolute atomic E-state index is 0.107. The van der Waals surface area contributed by atoms with E-state index >= 15 is 0 Å². The van der Waals surface area contributed by atoms with Gasteiger partial charge in [-0.1, -0.05) is 33.3 Å². The highest BCUT2D eigenvalue weighted by Gasteiger charge is 2.53. The van der Waals surface area contributed by atoms with Gasteiger partial charge in [-0.25, -0.2) is 0 Å². The van der Waals surface area contributed by atoms with E-state index in [-0.39, 0.29) is 22.7 Å². The van der Waals surface area contributed by atoms with Crippen LogP contribution in [0.3, 0.4) is 0 Å². The van der Waals surface area contributed by atoms with Crippen molar-refractivity contribution >= 4 is 5.97 Å². The van der Waals surface area contributed by atoms with Crippen LogP contribution in [0.15, 0.2) is 18.2 Å². The van der Waals surface area contributed by atoms with Crippen molar-refractivity contribution in [1.29, 1.82) is 0 Å². The smallest absolute Gasteiger partial charge is 0.313 e. The molecule has 2 aliphatic carbocycles. The summed E-state index contributed by atoms with van der Waals surface area (Å²) in [4.78, 5) is 12.4. The lowest BCUT2D eigenvalue weighted by Crippen LogP contribution is -2.49. The molecule has 1 saturated carbocycles. The number of benzene rings is 1. The molecule has 3 nitrogen and oxygen atoms in total. The maximum absolute atomic E-state index is 12.4. The summed E-state index contributed by atoms with van der Waals surface area (Å²) in [6, 6.07) is 6.18. The van der Waals surface area contributed by atoms with Crippen LogP contribution in [0.4, 0.5) is 0 Å². The van der Waals surface area contributed by atoms with Crippen molar-refractivity contribution in [2.75, 3.05) is 14.2 Å². The molecule has 0 heterocycles. The van der Waals surface area contributed by atoms with Gasteiger partial charge >= 0.3 is 5.97 Å². The molecule has 0 radical (unpaired) electrons. The van der Waals surface area contributed by atoms with Gasteiger partial charge in [0.15, 0.2) is 0 Å². The van der Waals surface area contributed by atoms with Crippen molar-refractivity contribution in [3.63, 3.8) is 0 Å². The van der Waals surface area contributed by atoms with Crippen molar-refractivity contribution < 1.29 is 14.3 Å². The van der Waals surface area contributed by atoms with Gasteiger partial charge in [-0.15, -0.1) is 0 Å². The first-order chi connectivity index (χ1) is 10.8. The molecule has 126 valence electrons. The van der Waals surface area contributed by atoms with E-state index in [2.05, 4.69) is 32.9 Å². The Labute approximate surface area is 139 Å². The third-order valence-corrected chi connectivity index (χ3v) is 6.44. The summed E-state index contributed by atoms with van der Waals surface area (Å²) in [5.74, 6) is 1.08. The Morgan fingerprint density at radius 1 is 1.17 bits per heavy atom. The molecular formula is C20H28O3. The van der Waals surface area contributed by atoms with Crippen LogP contribution in [0, 0.1) is 11.3 Å². The molecule has 0 amide bonds. The van der Waals surface area contributed by atoms with Crippen LogP contribution < -0.4 is 4.74 Å². The van der Waals surface area contributed by atoms with Crippen LogP contribution in [0.5, 0.6) is 5.75 Å². The van der Waals surface area contributed by atoms with E-state index in [0.29, 0.717) is 5.92 Å². The van der Waals surface area contributed by atoms with Crippen molar-refractivity contribution in [2.24, 2.45) is 11.3 Å². The molecule has 0 spiro atoms. The highest BCUT2D eigenvalue weighted by molar-refractivity contribution is 5.79. The van der Waals surface area contributed by atoms with E-state index in [1.54, 1.807) is 7.11 Å². The average molecular weight is 316 g/mol. The lowest BCUT2D eigenvalue weighted by molar-refractivity contribution is -0.144. The molecule has 23 heavy (non-hydrogen) atoms. The van der Waals surface area contributed by atoms with E-state index in [4.69, 9.17) is 9.47 Å². The van der Waals surface area contributed by atoms with Gasteiger partial charge in [-0.05, 0) is 59.3 Å². The summed E-state index contributed by atoms with van der Waals surface area (Å²) in [5.41, 5.74) is 2.77. The van der Waals surface area contributed by atoms with Crippen molar-refractivity contribution in [3.8, 4) is 5.75 Å². The molecule has 3 heteroatoms. The van der Waals surface area contributed by atoms with Crippen LogP contribution >= 0.6 is 0 Å². The Bertz CT molecular complexity index is 619. The van der Waals surface area contributed by atoms with Crippen molar-refractivity contribution in [1.82, 2.24) is 0 Å². The predicted molar refractivity (Wildman–Crippen MR) is 90.8 cm³/mol. The molecule has 0 saturated heterocycles. The molecule has 1 fully saturated rings. The molecule has 0 aromatic heterocycles. The Morgan fingerprint density at radius 2 is 1.91 bits per heavy atom. The molecule has 0 unspecified atom stereocenters. The Kier molecular flexibility index (Phi) is 3.94. The lowest BCUT2D eigenvalue weighted by Gasteiger charge is -2.55. The molecule has 3 rings (SSSR count). The summed E-state index contributed by atoms with van der Waals surface area (Å²) in [5, 5.41) is 0. The first kappa shape index (κ1) is 16.4. The molecule has 3 atom stereocenters. The zero-order chi connectivity index (χ0) is 16.8. The van der Waals surface area contributed by atoms with E-state index in [0.717, 1.165) is 17.7 Å². The largest absolute Gasteiger partial charge is 0.497 e. The number of hydrogen-bond donors (Lipinski definition) is 0. The maximum Gasteiger partial charge on any atom is 0.313 e. The topological polar surface area (TPSA) is 35.5 Å². The number of hydrogen-bond acceptors (Lipinski definition) is 3. The number of methoxy groups -OCH3 is 2. The summed E-state index contributed by atoms with van der Waals surface area (Å²) >= 11 is 0. The number of carbonyl (C=O) groups excluding carboxylic acids is 1. The second-order valence-electron chi connectivity index (χ2n) is 8.08. The highest BCUT2D eigenvalue weighted by Crippen LogP contribution is 2.59. The van der Waals surface area contributed by atoms with Gasteiger partial charge < -0.3 is 9.47 Å². The molecule has 1 aromatic rings. The molecular weight excluding hydrogens is 288 g/mol. The SMILES string of the molecule is COC(=O)[C@@H]1C[C@H]2C(C)(C)CCC[C@]2(C)c2cc(OC)ccc21. The van der Waals surface area contributed by atoms with Gasteiger partial charge in [0.2, 0.25) is 0 Å². The zero-order valence-corrected chi connectivity index (χ0v) is 14.9. The van der Waals surface area contributed by atoms with Gasteiger partial charge in [0, 0.05) is 0 Å². The lowest BCUT2D eigenvalue weighted by atomic mass is 9.49.